The lowest BCUT2D eigenvalue weighted by atomic mass is 9.86. The lowest BCUT2D eigenvalue weighted by Crippen LogP contribution is -2.33. The number of likely N-dealkylation sites (N-methyl/N-ethyl adjacent to an activating group) is 1. The maximum absolute atomic E-state index is 10.8. The van der Waals surface area contributed by atoms with Crippen LogP contribution in [0.25, 0.3) is 0 Å². The summed E-state index contributed by atoms with van der Waals surface area (Å²) in [5, 5.41) is 10.8. The Morgan fingerprint density at radius 3 is 1.95 bits per heavy atom. The molecule has 118 valence electrons. The molecule has 1 N–H and O–H groups in total. The molecule has 0 heterocycles. The molecule has 0 aromatic carbocycles. The van der Waals surface area contributed by atoms with Gasteiger partial charge in [-0.2, -0.15) is 0 Å². The molecule has 0 amide bonds. The van der Waals surface area contributed by atoms with E-state index in [-0.39, 0.29) is 5.41 Å². The van der Waals surface area contributed by atoms with E-state index >= 15 is 0 Å². The van der Waals surface area contributed by atoms with Crippen molar-refractivity contribution in [2.24, 2.45) is 10.8 Å². The fraction of sp³-hybridized carbons (Fsp3) is 0.611. The fourth-order valence-electron chi connectivity index (χ4n) is 3.02. The first-order chi connectivity index (χ1) is 9.30. The lowest BCUT2D eigenvalue weighted by molar-refractivity contribution is -0.563. The molecule has 0 aromatic heterocycles. The van der Waals surface area contributed by atoms with Gasteiger partial charge >= 0.3 is 0 Å². The topological polar surface area (TPSA) is 32.5 Å². The summed E-state index contributed by atoms with van der Waals surface area (Å²) in [6.45, 7) is 22.4. The van der Waals surface area contributed by atoms with E-state index in [0.717, 1.165) is 11.1 Å². The molecule has 0 aromatic rings. The molecule has 3 nitrogen and oxygen atoms in total. The standard InChI is InChI=1S/C18H30NO2/c1-13(15(3,4)5)11-12-14(2)16(6)17(7,19(8)9)18(16,20)21-10/h11-12,20H,1-2,8H2,3-7,9-10H3/q+1/b12-11-. The molecule has 1 saturated carbocycles. The van der Waals surface area contributed by atoms with Crippen LogP contribution in [0.1, 0.15) is 34.6 Å². The van der Waals surface area contributed by atoms with Crippen LogP contribution < -0.4 is 0 Å². The molecule has 1 fully saturated rings. The van der Waals surface area contributed by atoms with Crippen LogP contribution in [0.3, 0.4) is 0 Å². The van der Waals surface area contributed by atoms with Gasteiger partial charge in [-0.3, -0.25) is 0 Å². The van der Waals surface area contributed by atoms with Gasteiger partial charge in [0.25, 0.3) is 0 Å². The van der Waals surface area contributed by atoms with Crippen molar-refractivity contribution in [2.75, 3.05) is 14.2 Å². The van der Waals surface area contributed by atoms with Gasteiger partial charge in [0.1, 0.15) is 19.2 Å². The van der Waals surface area contributed by atoms with E-state index in [0.29, 0.717) is 0 Å². The van der Waals surface area contributed by atoms with Crippen LogP contribution in [0.5, 0.6) is 0 Å². The quantitative estimate of drug-likeness (QED) is 0.365. The minimum Gasteiger partial charge on any atom is -0.359 e. The molecule has 0 radical (unpaired) electrons. The normalized spacial score (nSPS) is 35.8. The number of allylic oxidation sites excluding steroid dienone is 3. The Morgan fingerprint density at radius 2 is 1.67 bits per heavy atom. The van der Waals surface area contributed by atoms with Crippen molar-refractivity contribution in [3.8, 4) is 0 Å². The number of hydrogen-bond acceptors (Lipinski definition) is 2. The summed E-state index contributed by atoms with van der Waals surface area (Å²) in [6.07, 6.45) is 3.89. The second-order valence-electron chi connectivity index (χ2n) is 7.38. The first-order valence-corrected chi connectivity index (χ1v) is 7.19. The zero-order valence-corrected chi connectivity index (χ0v) is 14.6. The van der Waals surface area contributed by atoms with Crippen LogP contribution >= 0.6 is 0 Å². The minimum absolute atomic E-state index is 0.00516. The van der Waals surface area contributed by atoms with Crippen LogP contribution in [0, 0.1) is 10.8 Å². The maximum atomic E-state index is 10.8. The highest BCUT2D eigenvalue weighted by molar-refractivity contribution is 5.46. The zero-order valence-electron chi connectivity index (χ0n) is 14.6. The smallest absolute Gasteiger partial charge is 0.249 e. The third-order valence-electron chi connectivity index (χ3n) is 5.40. The van der Waals surface area contributed by atoms with Gasteiger partial charge < -0.3 is 9.84 Å². The SMILES string of the molecule is C=C(/C=C\C(=C)C1(C)C(O)(OC)C1(C)[N+](=C)C)C(C)(C)C. The van der Waals surface area contributed by atoms with E-state index in [1.807, 2.05) is 33.0 Å². The van der Waals surface area contributed by atoms with Gasteiger partial charge in [0.2, 0.25) is 11.3 Å². The molecule has 1 aliphatic rings. The summed E-state index contributed by atoms with van der Waals surface area (Å²) in [4.78, 5) is 0. The van der Waals surface area contributed by atoms with Crippen LogP contribution in [0.2, 0.25) is 0 Å². The second-order valence-corrected chi connectivity index (χ2v) is 7.38. The summed E-state index contributed by atoms with van der Waals surface area (Å²) >= 11 is 0. The average molecular weight is 292 g/mol. The Morgan fingerprint density at radius 1 is 1.19 bits per heavy atom. The third kappa shape index (κ3) is 2.14. The fourth-order valence-corrected chi connectivity index (χ4v) is 3.02. The highest BCUT2D eigenvalue weighted by atomic mass is 16.6. The Kier molecular flexibility index (Phi) is 4.19. The second kappa shape index (κ2) is 4.92. The molecule has 0 bridgehead atoms. The van der Waals surface area contributed by atoms with Gasteiger partial charge in [-0.05, 0) is 23.5 Å². The lowest BCUT2D eigenvalue weighted by Gasteiger charge is -2.19. The minimum atomic E-state index is -1.30. The molecule has 3 heteroatoms. The summed E-state index contributed by atoms with van der Waals surface area (Å²) in [7, 11) is 3.35. The average Bonchev–Trinajstić information content (AvgIpc) is 2.79. The number of methoxy groups -OCH3 is 1. The van der Waals surface area contributed by atoms with Crippen LogP contribution in [-0.4, -0.2) is 41.9 Å². The summed E-state index contributed by atoms with van der Waals surface area (Å²) in [5.41, 5.74) is 0.568. The molecule has 0 saturated heterocycles. The Hall–Kier alpha value is -1.19. The van der Waals surface area contributed by atoms with Gasteiger partial charge in [-0.1, -0.05) is 46.1 Å². The van der Waals surface area contributed by atoms with Crippen molar-refractivity contribution in [2.45, 2.75) is 45.9 Å². The van der Waals surface area contributed by atoms with Crippen molar-refractivity contribution in [1.29, 1.82) is 0 Å². The predicted molar refractivity (Wildman–Crippen MR) is 88.7 cm³/mol. The number of hydrogen-bond donors (Lipinski definition) is 1. The highest BCUT2D eigenvalue weighted by Crippen LogP contribution is 2.70. The van der Waals surface area contributed by atoms with Crippen molar-refractivity contribution in [3.05, 3.63) is 36.5 Å². The highest BCUT2D eigenvalue weighted by Gasteiger charge is 2.92. The van der Waals surface area contributed by atoms with E-state index in [9.17, 15) is 5.11 Å². The van der Waals surface area contributed by atoms with Crippen LogP contribution in [-0.2, 0) is 4.74 Å². The van der Waals surface area contributed by atoms with Crippen molar-refractivity contribution in [3.63, 3.8) is 0 Å². The van der Waals surface area contributed by atoms with E-state index in [1.54, 1.807) is 4.58 Å². The van der Waals surface area contributed by atoms with Crippen LogP contribution in [0.15, 0.2) is 36.5 Å². The molecule has 0 aliphatic heterocycles. The molecule has 1 aliphatic carbocycles. The third-order valence-corrected chi connectivity index (χ3v) is 5.40. The van der Waals surface area contributed by atoms with Gasteiger partial charge in [-0.25, -0.2) is 4.58 Å². The molecule has 1 rings (SSSR count). The van der Waals surface area contributed by atoms with Gasteiger partial charge in [0.15, 0.2) is 0 Å². The van der Waals surface area contributed by atoms with Crippen molar-refractivity contribution in [1.82, 2.24) is 0 Å². The first kappa shape index (κ1) is 17.9. The largest absolute Gasteiger partial charge is 0.359 e. The zero-order chi connectivity index (χ0) is 16.9. The van der Waals surface area contributed by atoms with Gasteiger partial charge in [-0.15, -0.1) is 0 Å². The number of ether oxygens (including phenoxy) is 1. The maximum Gasteiger partial charge on any atom is 0.249 e. The molecule has 3 unspecified atom stereocenters. The first-order valence-electron chi connectivity index (χ1n) is 7.19. The molecule has 3 atom stereocenters. The van der Waals surface area contributed by atoms with Crippen LogP contribution in [0.4, 0.5) is 0 Å². The monoisotopic (exact) mass is 292 g/mol. The number of aliphatic hydroxyl groups is 1. The number of rotatable bonds is 5. The van der Waals surface area contributed by atoms with E-state index in [4.69, 9.17) is 4.74 Å². The predicted octanol–water partition coefficient (Wildman–Crippen LogP) is 3.16. The Bertz CT molecular complexity index is 526. The van der Waals surface area contributed by atoms with Gasteiger partial charge in [0, 0.05) is 14.0 Å². The molecule has 21 heavy (non-hydrogen) atoms. The molecular formula is C18H30NO2+. The number of nitrogens with zero attached hydrogens (tertiary/aromatic N) is 1. The van der Waals surface area contributed by atoms with Crippen molar-refractivity contribution < 1.29 is 14.4 Å². The molecule has 0 spiro atoms. The van der Waals surface area contributed by atoms with E-state index < -0.39 is 16.7 Å². The summed E-state index contributed by atoms with van der Waals surface area (Å²) < 4.78 is 7.14. The van der Waals surface area contributed by atoms with E-state index in [2.05, 4.69) is 40.6 Å². The Labute approximate surface area is 129 Å². The van der Waals surface area contributed by atoms with Crippen molar-refractivity contribution >= 4 is 6.72 Å². The van der Waals surface area contributed by atoms with Gasteiger partial charge in [0.05, 0.1) is 0 Å². The molecular weight excluding hydrogens is 262 g/mol. The summed E-state index contributed by atoms with van der Waals surface area (Å²) in [6, 6.07) is 0. The Balaban J connectivity index is 3.11. The van der Waals surface area contributed by atoms with E-state index in [1.165, 1.54) is 7.11 Å². The summed E-state index contributed by atoms with van der Waals surface area (Å²) in [5.74, 6) is -1.30.